The first-order valence-electron chi connectivity index (χ1n) is 24.7. The number of H-pyrrole nitrogens is 1. The van der Waals surface area contributed by atoms with E-state index in [-0.39, 0.29) is 0 Å². The number of benzene rings is 8. The molecule has 0 fully saturated rings. The fourth-order valence-corrected chi connectivity index (χ4v) is 14.1. The van der Waals surface area contributed by atoms with Crippen LogP contribution in [0.1, 0.15) is 0 Å². The standard InChI is InChI=1S/C32H18N4S.C27H17N3S.C5H3ClIN/c1-2-7-19(8-3-1)36-25-13-12-21-20-9-4-5-11-28(20)37-31(21)29(25)24-17-22-23(18-27(24)36)32-34-15-16-35(32)26-10-6-14-33-30(22)26;1-2-6-18(7-3-1)30-22-13-12-20-19-8-4-5-9-24(19)31-26(20)25(22)21-11-10-17(16-23(21)30)27-28-14-15-29-27;6-5-4(7)2-1-3-8-5/h1-18H;1-16H,(H,28,29);1-3H. The van der Waals surface area contributed by atoms with Crippen LogP contribution in [0, 0.1) is 3.57 Å². The van der Waals surface area contributed by atoms with Crippen LogP contribution in [-0.2, 0) is 0 Å². The summed E-state index contributed by atoms with van der Waals surface area (Å²) in [7, 11) is 0. The number of thiophene rings is 2. The van der Waals surface area contributed by atoms with Crippen LogP contribution >= 0.6 is 56.9 Å². The van der Waals surface area contributed by atoms with Crippen molar-refractivity contribution in [2.75, 3.05) is 0 Å². The number of fused-ring (bicyclic) bond motifs is 20. The number of pyridine rings is 3. The van der Waals surface area contributed by atoms with Crippen LogP contribution in [-0.4, -0.2) is 38.5 Å². The lowest BCUT2D eigenvalue weighted by Gasteiger charge is -2.10. The van der Waals surface area contributed by atoms with Crippen molar-refractivity contribution < 1.29 is 0 Å². The molecule has 0 aliphatic heterocycles. The molecule has 0 saturated carbocycles. The lowest BCUT2D eigenvalue weighted by molar-refractivity contribution is 1.18. The first-order valence-corrected chi connectivity index (χ1v) is 27.8. The van der Waals surface area contributed by atoms with Crippen LogP contribution in [0.4, 0.5) is 0 Å². The van der Waals surface area contributed by atoms with E-state index < -0.39 is 0 Å². The predicted molar refractivity (Wildman–Crippen MR) is 328 cm³/mol. The molecule has 0 aliphatic rings. The first kappa shape index (κ1) is 45.0. The van der Waals surface area contributed by atoms with Crippen molar-refractivity contribution in [3.05, 3.63) is 234 Å². The van der Waals surface area contributed by atoms with Gasteiger partial charge in [0.1, 0.15) is 16.6 Å². The summed E-state index contributed by atoms with van der Waals surface area (Å²) < 4.78 is 13.2. The SMILES string of the molecule is Clc1ncccc1I.c1ccc(-n2c3cc(-c4ncc[nH]4)ccc3c3c4sc5ccccc5c4ccc32)cc1.c1ccc(-n2c3cc4c(cc3c3c5sc6ccccc6c5ccc32)c2ncccc2n2ccnc42)cc1. The molecule has 9 aromatic heterocycles. The minimum atomic E-state index is 0.577. The zero-order valence-electron chi connectivity index (χ0n) is 40.1. The molecule has 8 aromatic carbocycles. The van der Waals surface area contributed by atoms with Crippen LogP contribution in [0.5, 0.6) is 0 Å². The number of imidazole rings is 2. The van der Waals surface area contributed by atoms with Gasteiger partial charge in [0, 0.05) is 127 Å². The maximum Gasteiger partial charge on any atom is 0.145 e. The third-order valence-corrected chi connectivity index (χ3v) is 18.3. The van der Waals surface area contributed by atoms with Gasteiger partial charge in [-0.15, -0.1) is 22.7 Å². The Labute approximate surface area is 459 Å². The van der Waals surface area contributed by atoms with E-state index in [0.29, 0.717) is 5.15 Å². The smallest absolute Gasteiger partial charge is 0.145 e. The molecule has 17 aromatic rings. The van der Waals surface area contributed by atoms with Crippen molar-refractivity contribution in [1.82, 2.24) is 38.5 Å². The van der Waals surface area contributed by atoms with Gasteiger partial charge in [-0.25, -0.2) is 15.0 Å². The quantitative estimate of drug-likeness (QED) is 0.109. The lowest BCUT2D eigenvalue weighted by Crippen LogP contribution is -1.95. The normalized spacial score (nSPS) is 11.8. The van der Waals surface area contributed by atoms with Crippen molar-refractivity contribution >= 4 is 168 Å². The molecule has 0 amide bonds. The summed E-state index contributed by atoms with van der Waals surface area (Å²) in [5, 5.41) is 13.2. The van der Waals surface area contributed by atoms with E-state index in [1.807, 2.05) is 65.7 Å². The Morgan fingerprint density at radius 2 is 1.04 bits per heavy atom. The molecule has 0 unspecified atom stereocenters. The topological polar surface area (TPSA) is 81.6 Å². The highest BCUT2D eigenvalue weighted by Crippen LogP contribution is 2.46. The average molecular weight is 1150 g/mol. The summed E-state index contributed by atoms with van der Waals surface area (Å²) in [5.41, 5.74) is 11.2. The van der Waals surface area contributed by atoms with Gasteiger partial charge in [-0.2, -0.15) is 0 Å². The number of para-hydroxylation sites is 2. The molecular weight excluding hydrogens is 1110 g/mol. The highest BCUT2D eigenvalue weighted by Gasteiger charge is 2.22. The fraction of sp³-hybridized carbons (Fsp3) is 0. The maximum absolute atomic E-state index is 5.59. The predicted octanol–water partition coefficient (Wildman–Crippen LogP) is 18.4. The monoisotopic (exact) mass is 1140 g/mol. The van der Waals surface area contributed by atoms with E-state index in [9.17, 15) is 0 Å². The van der Waals surface area contributed by atoms with E-state index in [1.54, 1.807) is 12.4 Å². The van der Waals surface area contributed by atoms with Crippen LogP contribution in [0.15, 0.2) is 225 Å². The Morgan fingerprint density at radius 3 is 1.67 bits per heavy atom. The van der Waals surface area contributed by atoms with Crippen molar-refractivity contribution in [3.8, 4) is 22.8 Å². The third-order valence-electron chi connectivity index (χ3n) is 14.4. The summed E-state index contributed by atoms with van der Waals surface area (Å²) >= 11 is 11.5. The minimum Gasteiger partial charge on any atom is -0.345 e. The van der Waals surface area contributed by atoms with E-state index in [0.717, 1.165) is 48.1 Å². The summed E-state index contributed by atoms with van der Waals surface area (Å²) in [5.74, 6) is 0.888. The molecule has 0 bridgehead atoms. The number of hydrogen-bond acceptors (Lipinski definition) is 6. The van der Waals surface area contributed by atoms with E-state index in [1.165, 1.54) is 89.6 Å². The number of rotatable bonds is 3. The molecule has 0 saturated heterocycles. The second-order valence-corrected chi connectivity index (χ2v) is 22.2. The second-order valence-electron chi connectivity index (χ2n) is 18.6. The van der Waals surface area contributed by atoms with Gasteiger partial charge >= 0.3 is 0 Å². The number of aromatic amines is 1. The lowest BCUT2D eigenvalue weighted by atomic mass is 10.0. The van der Waals surface area contributed by atoms with Gasteiger partial charge in [-0.05, 0) is 114 Å². The van der Waals surface area contributed by atoms with Crippen molar-refractivity contribution in [1.29, 1.82) is 0 Å². The summed E-state index contributed by atoms with van der Waals surface area (Å²) in [6.45, 7) is 0. The highest BCUT2D eigenvalue weighted by molar-refractivity contribution is 14.1. The summed E-state index contributed by atoms with van der Waals surface area (Å²) in [6.07, 6.45) is 11.1. The zero-order valence-corrected chi connectivity index (χ0v) is 44.6. The van der Waals surface area contributed by atoms with Crippen molar-refractivity contribution in [2.24, 2.45) is 0 Å². The van der Waals surface area contributed by atoms with Crippen LogP contribution in [0.25, 0.3) is 134 Å². The summed E-state index contributed by atoms with van der Waals surface area (Å²) in [4.78, 5) is 21.1. The molecule has 17 rings (SSSR count). The molecular formula is C64H38ClIN8S2. The maximum atomic E-state index is 5.59. The first-order chi connectivity index (χ1) is 37.6. The molecule has 76 heavy (non-hydrogen) atoms. The van der Waals surface area contributed by atoms with Gasteiger partial charge in [0.15, 0.2) is 0 Å². The van der Waals surface area contributed by atoms with E-state index >= 15 is 0 Å². The second kappa shape index (κ2) is 18.1. The Morgan fingerprint density at radius 1 is 0.434 bits per heavy atom. The van der Waals surface area contributed by atoms with Gasteiger partial charge in [0.2, 0.25) is 0 Å². The van der Waals surface area contributed by atoms with Crippen LogP contribution in [0.3, 0.4) is 0 Å². The Bertz CT molecular complexity index is 5080. The number of nitrogens with one attached hydrogen (secondary N) is 1. The van der Waals surface area contributed by atoms with E-state index in [2.05, 4.69) is 221 Å². The fourth-order valence-electron chi connectivity index (χ4n) is 11.1. The number of hydrogen-bond donors (Lipinski definition) is 1. The Kier molecular flexibility index (Phi) is 10.7. The van der Waals surface area contributed by atoms with Gasteiger partial charge in [0.25, 0.3) is 0 Å². The third kappa shape index (κ3) is 7.14. The molecule has 8 nitrogen and oxygen atoms in total. The molecule has 0 aliphatic carbocycles. The van der Waals surface area contributed by atoms with Gasteiger partial charge in [-0.1, -0.05) is 109 Å². The largest absolute Gasteiger partial charge is 0.345 e. The van der Waals surface area contributed by atoms with Crippen LogP contribution in [0.2, 0.25) is 5.15 Å². The molecule has 0 atom stereocenters. The number of nitrogens with zero attached hydrogens (tertiary/aromatic N) is 7. The van der Waals surface area contributed by atoms with Gasteiger partial charge in [-0.3, -0.25) is 9.38 Å². The molecule has 0 radical (unpaired) electrons. The Balaban J connectivity index is 0.000000118. The average Bonchev–Trinajstić information content (AvgIpc) is 4.40. The molecule has 12 heteroatoms. The number of halogens is 2. The molecule has 0 spiro atoms. The van der Waals surface area contributed by atoms with E-state index in [4.69, 9.17) is 21.6 Å². The molecule has 9 heterocycles. The van der Waals surface area contributed by atoms with Gasteiger partial charge < -0.3 is 14.1 Å². The van der Waals surface area contributed by atoms with Crippen LogP contribution < -0.4 is 0 Å². The van der Waals surface area contributed by atoms with Gasteiger partial charge in [0.05, 0.1) is 36.7 Å². The van der Waals surface area contributed by atoms with Crippen molar-refractivity contribution in [3.63, 3.8) is 0 Å². The Hall–Kier alpha value is -8.46. The number of aromatic nitrogens is 8. The highest BCUT2D eigenvalue weighted by atomic mass is 127. The van der Waals surface area contributed by atoms with Crippen molar-refractivity contribution in [2.45, 2.75) is 0 Å². The molecule has 360 valence electrons. The minimum absolute atomic E-state index is 0.577. The zero-order chi connectivity index (χ0) is 50.4. The molecule has 1 N–H and O–H groups in total. The summed E-state index contributed by atoms with van der Waals surface area (Å²) in [6, 6.07) is 67.0.